The molecule has 3 rings (SSSR count). The third-order valence-corrected chi connectivity index (χ3v) is 4.79. The first-order chi connectivity index (χ1) is 14.0. The van der Waals surface area contributed by atoms with Crippen LogP contribution in [0.4, 0.5) is 5.69 Å². The first kappa shape index (κ1) is 20.3. The monoisotopic (exact) mass is 450 g/mol. The van der Waals surface area contributed by atoms with Crippen molar-refractivity contribution in [2.75, 3.05) is 5.73 Å². The molecule has 0 aliphatic heterocycles. The third kappa shape index (κ3) is 5.52. The van der Waals surface area contributed by atoms with E-state index < -0.39 is 11.8 Å². The molecule has 0 spiro atoms. The van der Waals surface area contributed by atoms with Crippen LogP contribution in [0.2, 0.25) is 0 Å². The first-order valence-electron chi connectivity index (χ1n) is 8.84. The Morgan fingerprint density at radius 1 is 1.03 bits per heavy atom. The number of nitrogen functional groups attached to an aromatic ring is 1. The minimum Gasteiger partial charge on any atom is -0.398 e. The fraction of sp³-hybridized carbons (Fsp3) is 0.0455. The van der Waals surface area contributed by atoms with Crippen LogP contribution in [-0.4, -0.2) is 16.8 Å². The number of rotatable bonds is 6. The van der Waals surface area contributed by atoms with Gasteiger partial charge in [0, 0.05) is 29.1 Å². The van der Waals surface area contributed by atoms with Crippen LogP contribution < -0.4 is 16.4 Å². The van der Waals surface area contributed by atoms with Crippen LogP contribution in [0, 0.1) is 0 Å². The van der Waals surface area contributed by atoms with Crippen molar-refractivity contribution in [2.45, 2.75) is 6.54 Å². The summed E-state index contributed by atoms with van der Waals surface area (Å²) in [4.78, 5) is 29.6. The zero-order valence-electron chi connectivity index (χ0n) is 15.4. The number of amides is 2. The third-order valence-electron chi connectivity index (χ3n) is 4.10. The zero-order chi connectivity index (χ0) is 20.6. The van der Waals surface area contributed by atoms with Gasteiger partial charge in [-0.3, -0.25) is 14.6 Å². The van der Waals surface area contributed by atoms with Crippen LogP contribution >= 0.6 is 15.9 Å². The smallest absolute Gasteiger partial charge is 0.268 e. The van der Waals surface area contributed by atoms with Gasteiger partial charge in [-0.05, 0) is 57.4 Å². The number of aromatic nitrogens is 1. The maximum atomic E-state index is 12.8. The molecule has 6 nitrogen and oxygen atoms in total. The van der Waals surface area contributed by atoms with Gasteiger partial charge in [-0.25, -0.2) is 0 Å². The molecule has 146 valence electrons. The van der Waals surface area contributed by atoms with Gasteiger partial charge in [0.25, 0.3) is 11.8 Å². The van der Waals surface area contributed by atoms with Crippen LogP contribution in [0.5, 0.6) is 0 Å². The second kappa shape index (κ2) is 9.66. The highest BCUT2D eigenvalue weighted by molar-refractivity contribution is 9.10. The lowest BCUT2D eigenvalue weighted by Crippen LogP contribution is -2.34. The minimum absolute atomic E-state index is 0.105. The van der Waals surface area contributed by atoms with E-state index >= 15 is 0 Å². The fourth-order valence-electron chi connectivity index (χ4n) is 2.59. The second-order valence-corrected chi connectivity index (χ2v) is 7.01. The average Bonchev–Trinajstić information content (AvgIpc) is 2.73. The van der Waals surface area contributed by atoms with E-state index in [0.29, 0.717) is 21.3 Å². The van der Waals surface area contributed by atoms with E-state index in [9.17, 15) is 9.59 Å². The lowest BCUT2D eigenvalue weighted by atomic mass is 10.1. The SMILES string of the molecule is Nc1ccccc1CNC(=O)/C(=C/c1cccnc1)NC(=O)c1ccccc1Br. The van der Waals surface area contributed by atoms with Crippen LogP contribution in [0.25, 0.3) is 6.08 Å². The van der Waals surface area contributed by atoms with Gasteiger partial charge in [0.05, 0.1) is 5.56 Å². The number of benzene rings is 2. The Kier molecular flexibility index (Phi) is 6.76. The van der Waals surface area contributed by atoms with Gasteiger partial charge in [0.15, 0.2) is 0 Å². The molecule has 0 saturated heterocycles. The van der Waals surface area contributed by atoms with Crippen molar-refractivity contribution in [3.8, 4) is 0 Å². The van der Waals surface area contributed by atoms with Gasteiger partial charge >= 0.3 is 0 Å². The van der Waals surface area contributed by atoms with Crippen molar-refractivity contribution in [1.29, 1.82) is 0 Å². The number of nitrogens with one attached hydrogen (secondary N) is 2. The van der Waals surface area contributed by atoms with Gasteiger partial charge in [-0.15, -0.1) is 0 Å². The van der Waals surface area contributed by atoms with Gasteiger partial charge in [-0.1, -0.05) is 36.4 Å². The number of para-hydroxylation sites is 1. The summed E-state index contributed by atoms with van der Waals surface area (Å²) in [5.41, 5.74) is 8.52. The summed E-state index contributed by atoms with van der Waals surface area (Å²) in [7, 11) is 0. The molecule has 29 heavy (non-hydrogen) atoms. The lowest BCUT2D eigenvalue weighted by Gasteiger charge is -2.13. The highest BCUT2D eigenvalue weighted by Gasteiger charge is 2.16. The van der Waals surface area contributed by atoms with Crippen molar-refractivity contribution in [3.05, 3.63) is 99.9 Å². The number of hydrogen-bond acceptors (Lipinski definition) is 4. The summed E-state index contributed by atoms with van der Waals surface area (Å²) < 4.78 is 0.635. The quantitative estimate of drug-likeness (QED) is 0.395. The van der Waals surface area contributed by atoms with Gasteiger partial charge < -0.3 is 16.4 Å². The standard InChI is InChI=1S/C22H19BrN4O2/c23-18-9-3-2-8-17(18)21(28)27-20(12-15-6-5-11-25-13-15)22(29)26-14-16-7-1-4-10-19(16)24/h1-13H,14,24H2,(H,26,29)(H,27,28)/b20-12-. The molecule has 2 amide bonds. The molecular formula is C22H19BrN4O2. The topological polar surface area (TPSA) is 97.1 Å². The number of pyridine rings is 1. The number of hydrogen-bond donors (Lipinski definition) is 3. The molecular weight excluding hydrogens is 432 g/mol. The molecule has 0 unspecified atom stereocenters. The Morgan fingerprint density at radius 3 is 2.52 bits per heavy atom. The first-order valence-corrected chi connectivity index (χ1v) is 9.63. The van der Waals surface area contributed by atoms with Gasteiger partial charge in [0.1, 0.15) is 5.70 Å². The lowest BCUT2D eigenvalue weighted by molar-refractivity contribution is -0.117. The molecule has 0 fully saturated rings. The Bertz CT molecular complexity index is 1050. The van der Waals surface area contributed by atoms with Crippen molar-refractivity contribution in [3.63, 3.8) is 0 Å². The Labute approximate surface area is 177 Å². The summed E-state index contributed by atoms with van der Waals surface area (Å²) >= 11 is 3.36. The molecule has 0 bridgehead atoms. The molecule has 0 saturated carbocycles. The van der Waals surface area contributed by atoms with Gasteiger partial charge in [-0.2, -0.15) is 0 Å². The molecule has 0 aliphatic rings. The van der Waals surface area contributed by atoms with E-state index in [-0.39, 0.29) is 12.2 Å². The minimum atomic E-state index is -0.433. The highest BCUT2D eigenvalue weighted by atomic mass is 79.9. The fourth-order valence-corrected chi connectivity index (χ4v) is 3.05. The molecule has 0 radical (unpaired) electrons. The molecule has 3 aromatic rings. The predicted octanol–water partition coefficient (Wildman–Crippen LogP) is 3.51. The van der Waals surface area contributed by atoms with E-state index in [1.165, 1.54) is 0 Å². The maximum Gasteiger partial charge on any atom is 0.268 e. The number of carbonyl (C=O) groups excluding carboxylic acids is 2. The zero-order valence-corrected chi connectivity index (χ0v) is 17.0. The van der Waals surface area contributed by atoms with Crippen LogP contribution in [0.3, 0.4) is 0 Å². The summed E-state index contributed by atoms with van der Waals surface area (Å²) in [5.74, 6) is -0.834. The maximum absolute atomic E-state index is 12.8. The van der Waals surface area contributed by atoms with E-state index in [1.54, 1.807) is 54.9 Å². The van der Waals surface area contributed by atoms with E-state index in [2.05, 4.69) is 31.5 Å². The van der Waals surface area contributed by atoms with Crippen molar-refractivity contribution in [2.24, 2.45) is 0 Å². The molecule has 7 heteroatoms. The molecule has 0 aliphatic carbocycles. The Balaban J connectivity index is 1.82. The summed E-state index contributed by atoms with van der Waals surface area (Å²) in [6.07, 6.45) is 4.81. The largest absolute Gasteiger partial charge is 0.398 e. The van der Waals surface area contributed by atoms with Crippen molar-refractivity contribution in [1.82, 2.24) is 15.6 Å². The average molecular weight is 451 g/mol. The highest BCUT2D eigenvalue weighted by Crippen LogP contribution is 2.16. The van der Waals surface area contributed by atoms with E-state index in [1.807, 2.05) is 24.3 Å². The van der Waals surface area contributed by atoms with Crippen LogP contribution in [0.1, 0.15) is 21.5 Å². The molecule has 4 N–H and O–H groups in total. The van der Waals surface area contributed by atoms with Gasteiger partial charge in [0.2, 0.25) is 0 Å². The van der Waals surface area contributed by atoms with E-state index in [0.717, 1.165) is 5.56 Å². The second-order valence-electron chi connectivity index (χ2n) is 6.16. The summed E-state index contributed by atoms with van der Waals surface area (Å²) in [5, 5.41) is 5.49. The Morgan fingerprint density at radius 2 is 1.79 bits per heavy atom. The van der Waals surface area contributed by atoms with Crippen molar-refractivity contribution < 1.29 is 9.59 Å². The summed E-state index contributed by atoms with van der Waals surface area (Å²) in [6.45, 7) is 0.237. The number of anilines is 1. The molecule has 0 atom stereocenters. The van der Waals surface area contributed by atoms with Crippen LogP contribution in [0.15, 0.2) is 83.2 Å². The Hall–Kier alpha value is -3.45. The summed E-state index contributed by atoms with van der Waals surface area (Å²) in [6, 6.07) is 17.8. The normalized spacial score (nSPS) is 11.0. The van der Waals surface area contributed by atoms with Crippen LogP contribution in [-0.2, 0) is 11.3 Å². The number of nitrogens with two attached hydrogens (primary N) is 1. The number of halogens is 1. The molecule has 1 heterocycles. The predicted molar refractivity (Wildman–Crippen MR) is 117 cm³/mol. The molecule has 2 aromatic carbocycles. The number of carbonyl (C=O) groups is 2. The number of nitrogens with zero attached hydrogens (tertiary/aromatic N) is 1. The van der Waals surface area contributed by atoms with E-state index in [4.69, 9.17) is 5.73 Å². The molecule has 1 aromatic heterocycles. The van der Waals surface area contributed by atoms with Crippen molar-refractivity contribution >= 4 is 39.5 Å².